The molecule has 1 aliphatic heterocycles. The first kappa shape index (κ1) is 9.53. The van der Waals surface area contributed by atoms with Gasteiger partial charge in [-0.1, -0.05) is 29.3 Å². The van der Waals surface area contributed by atoms with Crippen LogP contribution in [0.3, 0.4) is 0 Å². The van der Waals surface area contributed by atoms with Crippen LogP contribution in [0.25, 0.3) is 0 Å². The van der Waals surface area contributed by atoms with Crippen LogP contribution in [-0.4, -0.2) is 28.9 Å². The van der Waals surface area contributed by atoms with Crippen molar-refractivity contribution in [2.75, 3.05) is 13.1 Å². The first-order valence-corrected chi connectivity index (χ1v) is 5.53. The van der Waals surface area contributed by atoms with Crippen LogP contribution in [0.4, 0.5) is 0 Å². The molecule has 0 spiro atoms. The summed E-state index contributed by atoms with van der Waals surface area (Å²) in [4.78, 5) is 3.34. The lowest BCUT2D eigenvalue weighted by Crippen LogP contribution is -2.30. The maximum atomic E-state index is 3.66. The highest BCUT2D eigenvalue weighted by Crippen LogP contribution is 2.20. The summed E-state index contributed by atoms with van der Waals surface area (Å²) in [5, 5.41) is 0. The third-order valence-electron chi connectivity index (χ3n) is 2.49. The molecule has 0 aromatic heterocycles. The Hall–Kier alpha value is 0.440. The Labute approximate surface area is 78.3 Å². The zero-order valence-electron chi connectivity index (χ0n) is 7.52. The van der Waals surface area contributed by atoms with E-state index in [1.165, 1.54) is 32.4 Å². The van der Waals surface area contributed by atoms with Gasteiger partial charge >= 0.3 is 0 Å². The fraction of sp³-hybridized carbons (Fsp3) is 1.00. The quantitative estimate of drug-likeness (QED) is 0.661. The Morgan fingerprint density at radius 1 is 1.64 bits per heavy atom. The van der Waals surface area contributed by atoms with Crippen LogP contribution >= 0.6 is 15.9 Å². The lowest BCUT2D eigenvalue weighted by Gasteiger charge is -2.23. The number of halogens is 1. The Morgan fingerprint density at radius 2 is 2.36 bits per heavy atom. The molecule has 0 radical (unpaired) electrons. The zero-order valence-corrected chi connectivity index (χ0v) is 9.10. The molecule has 66 valence electrons. The lowest BCUT2D eigenvalue weighted by molar-refractivity contribution is 0.247. The fourth-order valence-corrected chi connectivity index (χ4v) is 2.32. The second-order valence-electron chi connectivity index (χ2n) is 3.52. The summed E-state index contributed by atoms with van der Waals surface area (Å²) in [6.45, 7) is 7.14. The summed E-state index contributed by atoms with van der Waals surface area (Å²) in [5.41, 5.74) is 0. The molecular weight excluding hydrogens is 202 g/mol. The molecule has 2 heteroatoms. The highest BCUT2D eigenvalue weighted by atomic mass is 79.9. The number of alkyl halides is 1. The van der Waals surface area contributed by atoms with E-state index < -0.39 is 0 Å². The van der Waals surface area contributed by atoms with Gasteiger partial charge in [-0.15, -0.1) is 0 Å². The SMILES string of the molecule is CCCC(C)N1CCC(Br)C1. The number of rotatable bonds is 3. The Balaban J connectivity index is 2.25. The summed E-state index contributed by atoms with van der Waals surface area (Å²) >= 11 is 3.66. The zero-order chi connectivity index (χ0) is 8.27. The molecule has 0 aromatic carbocycles. The van der Waals surface area contributed by atoms with Crippen LogP contribution in [0.15, 0.2) is 0 Å². The van der Waals surface area contributed by atoms with Gasteiger partial charge < -0.3 is 0 Å². The second-order valence-corrected chi connectivity index (χ2v) is 4.81. The van der Waals surface area contributed by atoms with Crippen LogP contribution < -0.4 is 0 Å². The highest BCUT2D eigenvalue weighted by molar-refractivity contribution is 9.09. The molecule has 1 heterocycles. The standard InChI is InChI=1S/C9H18BrN/c1-3-4-8(2)11-6-5-9(10)7-11/h8-9H,3-7H2,1-2H3. The van der Waals surface area contributed by atoms with Crippen LogP contribution in [-0.2, 0) is 0 Å². The summed E-state index contributed by atoms with van der Waals surface area (Å²) < 4.78 is 0. The number of hydrogen-bond acceptors (Lipinski definition) is 1. The Bertz CT molecular complexity index is 116. The first-order chi connectivity index (χ1) is 5.24. The number of nitrogens with zero attached hydrogens (tertiary/aromatic N) is 1. The molecule has 1 saturated heterocycles. The van der Waals surface area contributed by atoms with Gasteiger partial charge in [0.15, 0.2) is 0 Å². The fourth-order valence-electron chi connectivity index (χ4n) is 1.74. The van der Waals surface area contributed by atoms with E-state index in [1.807, 2.05) is 0 Å². The van der Waals surface area contributed by atoms with E-state index in [4.69, 9.17) is 0 Å². The largest absolute Gasteiger partial charge is 0.300 e. The minimum atomic E-state index is 0.752. The molecule has 0 N–H and O–H groups in total. The monoisotopic (exact) mass is 219 g/mol. The minimum Gasteiger partial charge on any atom is -0.300 e. The van der Waals surface area contributed by atoms with Crippen molar-refractivity contribution in [3.63, 3.8) is 0 Å². The normalized spacial score (nSPS) is 29.2. The lowest BCUT2D eigenvalue weighted by atomic mass is 10.2. The van der Waals surface area contributed by atoms with Crippen LogP contribution in [0.1, 0.15) is 33.1 Å². The van der Waals surface area contributed by atoms with Crippen molar-refractivity contribution in [2.45, 2.75) is 44.0 Å². The van der Waals surface area contributed by atoms with E-state index >= 15 is 0 Å². The van der Waals surface area contributed by atoms with Gasteiger partial charge in [0.2, 0.25) is 0 Å². The summed E-state index contributed by atoms with van der Waals surface area (Å²) in [5.74, 6) is 0. The number of hydrogen-bond donors (Lipinski definition) is 0. The molecule has 0 aliphatic carbocycles. The molecule has 1 rings (SSSR count). The van der Waals surface area contributed by atoms with Crippen LogP contribution in [0.5, 0.6) is 0 Å². The Morgan fingerprint density at radius 3 is 2.82 bits per heavy atom. The van der Waals surface area contributed by atoms with Crippen molar-refractivity contribution in [3.05, 3.63) is 0 Å². The van der Waals surface area contributed by atoms with Crippen molar-refractivity contribution in [3.8, 4) is 0 Å². The van der Waals surface area contributed by atoms with Crippen LogP contribution in [0.2, 0.25) is 0 Å². The molecule has 2 unspecified atom stereocenters. The van der Waals surface area contributed by atoms with Gasteiger partial charge in [-0.05, 0) is 26.3 Å². The molecule has 1 nitrogen and oxygen atoms in total. The predicted molar refractivity (Wildman–Crippen MR) is 53.3 cm³/mol. The van der Waals surface area contributed by atoms with E-state index in [1.54, 1.807) is 0 Å². The van der Waals surface area contributed by atoms with Crippen molar-refractivity contribution in [2.24, 2.45) is 0 Å². The number of likely N-dealkylation sites (tertiary alicyclic amines) is 1. The van der Waals surface area contributed by atoms with E-state index in [-0.39, 0.29) is 0 Å². The van der Waals surface area contributed by atoms with Crippen LogP contribution in [0, 0.1) is 0 Å². The molecule has 2 atom stereocenters. The molecule has 0 amide bonds. The third kappa shape index (κ3) is 2.75. The molecule has 0 bridgehead atoms. The average Bonchev–Trinajstić information content (AvgIpc) is 2.36. The minimum absolute atomic E-state index is 0.752. The summed E-state index contributed by atoms with van der Waals surface area (Å²) in [6, 6.07) is 0.794. The average molecular weight is 220 g/mol. The van der Waals surface area contributed by atoms with E-state index in [9.17, 15) is 0 Å². The van der Waals surface area contributed by atoms with Gasteiger partial charge in [0, 0.05) is 17.4 Å². The van der Waals surface area contributed by atoms with E-state index in [0.717, 1.165) is 10.9 Å². The van der Waals surface area contributed by atoms with Crippen molar-refractivity contribution in [1.82, 2.24) is 4.90 Å². The molecule has 0 aromatic rings. The molecule has 1 aliphatic rings. The summed E-state index contributed by atoms with van der Waals surface area (Å²) in [7, 11) is 0. The van der Waals surface area contributed by atoms with Crippen molar-refractivity contribution >= 4 is 15.9 Å². The molecule has 0 saturated carbocycles. The molecule has 1 fully saturated rings. The summed E-state index contributed by atoms with van der Waals surface area (Å²) in [6.07, 6.45) is 3.98. The van der Waals surface area contributed by atoms with Gasteiger partial charge in [-0.3, -0.25) is 4.90 Å². The van der Waals surface area contributed by atoms with Gasteiger partial charge in [0.05, 0.1) is 0 Å². The third-order valence-corrected chi connectivity index (χ3v) is 3.24. The van der Waals surface area contributed by atoms with Gasteiger partial charge in [-0.2, -0.15) is 0 Å². The predicted octanol–water partition coefficient (Wildman–Crippen LogP) is 2.64. The van der Waals surface area contributed by atoms with Gasteiger partial charge in [0.1, 0.15) is 0 Å². The van der Waals surface area contributed by atoms with E-state index in [2.05, 4.69) is 34.7 Å². The molecule has 11 heavy (non-hydrogen) atoms. The second kappa shape index (κ2) is 4.46. The van der Waals surface area contributed by atoms with Crippen molar-refractivity contribution in [1.29, 1.82) is 0 Å². The van der Waals surface area contributed by atoms with Gasteiger partial charge in [0.25, 0.3) is 0 Å². The topological polar surface area (TPSA) is 3.24 Å². The van der Waals surface area contributed by atoms with Gasteiger partial charge in [-0.25, -0.2) is 0 Å². The maximum absolute atomic E-state index is 3.66. The van der Waals surface area contributed by atoms with Crippen molar-refractivity contribution < 1.29 is 0 Å². The maximum Gasteiger partial charge on any atom is 0.0285 e. The molecular formula is C9H18BrN. The smallest absolute Gasteiger partial charge is 0.0285 e. The highest BCUT2D eigenvalue weighted by Gasteiger charge is 2.23. The Kier molecular flexibility index (Phi) is 3.86. The van der Waals surface area contributed by atoms with E-state index in [0.29, 0.717) is 0 Å². The first-order valence-electron chi connectivity index (χ1n) is 4.62.